The monoisotopic (exact) mass is 389 g/mol. The molecule has 11 heteroatoms. The lowest BCUT2D eigenvalue weighted by atomic mass is 9.97. The van der Waals surface area contributed by atoms with E-state index in [1.165, 1.54) is 16.9 Å². The van der Waals surface area contributed by atoms with Gasteiger partial charge in [0.2, 0.25) is 10.0 Å². The quantitative estimate of drug-likeness (QED) is 0.647. The summed E-state index contributed by atoms with van der Waals surface area (Å²) in [6, 6.07) is 3.91. The van der Waals surface area contributed by atoms with E-state index in [-0.39, 0.29) is 10.8 Å². The molecule has 0 saturated carbocycles. The minimum absolute atomic E-state index is 0.0923. The molecule has 0 N–H and O–H groups in total. The van der Waals surface area contributed by atoms with Crippen LogP contribution in [0.1, 0.15) is 31.0 Å². The molecule has 0 aliphatic carbocycles. The first-order chi connectivity index (χ1) is 13.1. The molecule has 0 radical (unpaired) electrons. The van der Waals surface area contributed by atoms with Crippen molar-refractivity contribution in [2.45, 2.75) is 30.1 Å². The number of sulfonamides is 1. The normalized spacial score (nSPS) is 19.5. The molecular formula is C16H19N7O3S. The van der Waals surface area contributed by atoms with Gasteiger partial charge in [0.05, 0.1) is 6.20 Å². The van der Waals surface area contributed by atoms with Gasteiger partial charge in [-0.2, -0.15) is 8.82 Å². The van der Waals surface area contributed by atoms with Crippen molar-refractivity contribution in [3.05, 3.63) is 30.4 Å². The minimum Gasteiger partial charge on any atom is -0.363 e. The zero-order valence-electron chi connectivity index (χ0n) is 14.6. The Labute approximate surface area is 155 Å². The Bertz CT molecular complexity index is 1050. The number of anilines is 1. The maximum absolute atomic E-state index is 12.6. The highest BCUT2D eigenvalue weighted by molar-refractivity contribution is 7.89. The molecule has 3 aromatic rings. The van der Waals surface area contributed by atoms with Crippen LogP contribution in [0, 0.1) is 0 Å². The van der Waals surface area contributed by atoms with Crippen LogP contribution in [-0.4, -0.2) is 63.9 Å². The van der Waals surface area contributed by atoms with Crippen molar-refractivity contribution in [2.24, 2.45) is 0 Å². The van der Waals surface area contributed by atoms with Crippen LogP contribution in [-0.2, 0) is 10.0 Å². The predicted molar refractivity (Wildman–Crippen MR) is 94.8 cm³/mol. The second-order valence-electron chi connectivity index (χ2n) is 6.90. The molecule has 3 aromatic heterocycles. The van der Waals surface area contributed by atoms with Gasteiger partial charge < -0.3 is 9.42 Å². The Morgan fingerprint density at radius 1 is 1.07 bits per heavy atom. The molecule has 2 fully saturated rings. The smallest absolute Gasteiger partial charge is 0.247 e. The summed E-state index contributed by atoms with van der Waals surface area (Å²) in [5, 5.41) is 16.8. The summed E-state index contributed by atoms with van der Waals surface area (Å²) in [6.45, 7) is 2.88. The maximum Gasteiger partial charge on any atom is 0.247 e. The predicted octanol–water partition coefficient (Wildman–Crippen LogP) is 0.891. The van der Waals surface area contributed by atoms with Gasteiger partial charge in [0.15, 0.2) is 11.5 Å². The maximum atomic E-state index is 12.6. The number of nitrogens with zero attached hydrogens (tertiary/aromatic N) is 7. The fraction of sp³-hybridized carbons (Fsp3) is 0.500. The second kappa shape index (κ2) is 6.27. The topological polar surface area (TPSA) is 110 Å². The van der Waals surface area contributed by atoms with Crippen LogP contribution in [0.2, 0.25) is 0 Å². The molecule has 2 saturated heterocycles. The van der Waals surface area contributed by atoms with E-state index < -0.39 is 10.0 Å². The van der Waals surface area contributed by atoms with Gasteiger partial charge in [-0.15, -0.1) is 15.3 Å². The van der Waals surface area contributed by atoms with Crippen molar-refractivity contribution in [3.63, 3.8) is 0 Å². The minimum atomic E-state index is -3.56. The van der Waals surface area contributed by atoms with Crippen molar-refractivity contribution in [1.29, 1.82) is 0 Å². The Morgan fingerprint density at radius 3 is 2.56 bits per heavy atom. The first-order valence-corrected chi connectivity index (χ1v) is 10.4. The van der Waals surface area contributed by atoms with E-state index in [0.717, 1.165) is 31.0 Å². The van der Waals surface area contributed by atoms with Crippen molar-refractivity contribution in [1.82, 2.24) is 29.3 Å². The molecule has 0 spiro atoms. The number of aromatic nitrogens is 5. The van der Waals surface area contributed by atoms with Crippen LogP contribution in [0.4, 0.5) is 5.82 Å². The van der Waals surface area contributed by atoms with Crippen molar-refractivity contribution >= 4 is 21.5 Å². The van der Waals surface area contributed by atoms with Crippen LogP contribution in [0.3, 0.4) is 0 Å². The second-order valence-corrected chi connectivity index (χ2v) is 8.84. The SMILES string of the molecule is O=S(=O)(c1cnoc1)N1CCC(c2nnc3ccc(N4CCC4)nn23)CC1. The third kappa shape index (κ3) is 2.77. The van der Waals surface area contributed by atoms with Gasteiger partial charge >= 0.3 is 0 Å². The van der Waals surface area contributed by atoms with Crippen LogP contribution < -0.4 is 4.90 Å². The van der Waals surface area contributed by atoms with E-state index in [9.17, 15) is 8.42 Å². The zero-order chi connectivity index (χ0) is 18.4. The summed E-state index contributed by atoms with van der Waals surface area (Å²) in [5.41, 5.74) is 0.716. The van der Waals surface area contributed by atoms with Crippen molar-refractivity contribution in [2.75, 3.05) is 31.1 Å². The van der Waals surface area contributed by atoms with Gasteiger partial charge in [-0.25, -0.2) is 8.42 Å². The van der Waals surface area contributed by atoms with Crippen LogP contribution in [0.5, 0.6) is 0 Å². The third-order valence-corrected chi connectivity index (χ3v) is 7.16. The number of rotatable bonds is 4. The Morgan fingerprint density at radius 2 is 1.89 bits per heavy atom. The molecule has 27 heavy (non-hydrogen) atoms. The molecule has 2 aliphatic rings. The van der Waals surface area contributed by atoms with Crippen molar-refractivity contribution < 1.29 is 12.9 Å². The Balaban J connectivity index is 1.36. The lowest BCUT2D eigenvalue weighted by molar-refractivity contribution is 0.311. The highest BCUT2D eigenvalue weighted by Gasteiger charge is 2.33. The van der Waals surface area contributed by atoms with E-state index in [4.69, 9.17) is 5.10 Å². The summed E-state index contributed by atoms with van der Waals surface area (Å²) >= 11 is 0. The number of hydrogen-bond acceptors (Lipinski definition) is 8. The van der Waals surface area contributed by atoms with Gasteiger partial charge in [0, 0.05) is 32.1 Å². The summed E-state index contributed by atoms with van der Waals surface area (Å²) in [6.07, 6.45) is 4.92. The summed E-state index contributed by atoms with van der Waals surface area (Å²) in [4.78, 5) is 2.31. The van der Waals surface area contributed by atoms with E-state index in [2.05, 4.69) is 24.8 Å². The molecular weight excluding hydrogens is 370 g/mol. The number of hydrogen-bond donors (Lipinski definition) is 0. The number of fused-ring (bicyclic) bond motifs is 1. The molecule has 10 nitrogen and oxygen atoms in total. The number of piperidine rings is 1. The zero-order valence-corrected chi connectivity index (χ0v) is 15.4. The average Bonchev–Trinajstić information content (AvgIpc) is 3.30. The molecule has 142 valence electrons. The van der Waals surface area contributed by atoms with E-state index >= 15 is 0 Å². The Kier molecular flexibility index (Phi) is 3.86. The van der Waals surface area contributed by atoms with Gasteiger partial charge in [-0.3, -0.25) is 0 Å². The first kappa shape index (κ1) is 16.6. The van der Waals surface area contributed by atoms with E-state index in [1.54, 1.807) is 0 Å². The molecule has 2 aliphatic heterocycles. The first-order valence-electron chi connectivity index (χ1n) is 9.00. The summed E-state index contributed by atoms with van der Waals surface area (Å²) < 4.78 is 33.1. The molecule has 0 bridgehead atoms. The summed E-state index contributed by atoms with van der Waals surface area (Å²) in [5.74, 6) is 1.85. The highest BCUT2D eigenvalue weighted by atomic mass is 32.2. The lowest BCUT2D eigenvalue weighted by Gasteiger charge is -2.32. The van der Waals surface area contributed by atoms with Gasteiger partial charge in [0.1, 0.15) is 17.0 Å². The average molecular weight is 389 g/mol. The summed E-state index contributed by atoms with van der Waals surface area (Å²) in [7, 11) is -3.56. The largest absolute Gasteiger partial charge is 0.363 e. The van der Waals surface area contributed by atoms with Crippen LogP contribution in [0.15, 0.2) is 34.0 Å². The molecule has 5 heterocycles. The molecule has 5 rings (SSSR count). The fourth-order valence-corrected chi connectivity index (χ4v) is 4.92. The molecule has 0 amide bonds. The van der Waals surface area contributed by atoms with Crippen LogP contribution in [0.25, 0.3) is 5.65 Å². The molecule has 0 atom stereocenters. The van der Waals surface area contributed by atoms with Gasteiger partial charge in [-0.05, 0) is 31.4 Å². The third-order valence-electron chi connectivity index (χ3n) is 5.32. The van der Waals surface area contributed by atoms with Crippen molar-refractivity contribution in [3.8, 4) is 0 Å². The molecule has 0 unspecified atom stereocenters. The lowest BCUT2D eigenvalue weighted by Crippen LogP contribution is -2.38. The fourth-order valence-electron chi connectivity index (χ4n) is 3.59. The van der Waals surface area contributed by atoms with Gasteiger partial charge in [-0.1, -0.05) is 5.16 Å². The van der Waals surface area contributed by atoms with E-state index in [1.807, 2.05) is 16.6 Å². The standard InChI is InChI=1S/C16H19N7O3S/c24-27(25,13-10-17-26-11-13)22-8-4-12(5-9-22)16-19-18-14-2-3-15(20-23(14)16)21-6-1-7-21/h2-3,10-12H,1,4-9H2. The Hall–Kier alpha value is -2.53. The van der Waals surface area contributed by atoms with E-state index in [0.29, 0.717) is 31.6 Å². The van der Waals surface area contributed by atoms with Gasteiger partial charge in [0.25, 0.3) is 0 Å². The van der Waals surface area contributed by atoms with Crippen LogP contribution >= 0.6 is 0 Å². The highest BCUT2D eigenvalue weighted by Crippen LogP contribution is 2.30. The molecule has 0 aromatic carbocycles.